The lowest BCUT2D eigenvalue weighted by Gasteiger charge is -2.20. The van der Waals surface area contributed by atoms with Gasteiger partial charge in [0.05, 0.1) is 48.0 Å². The van der Waals surface area contributed by atoms with Crippen molar-refractivity contribution in [3.63, 3.8) is 0 Å². The molecule has 49 heavy (non-hydrogen) atoms. The second-order valence-corrected chi connectivity index (χ2v) is 10.2. The fourth-order valence-electron chi connectivity index (χ4n) is 5.60. The van der Waals surface area contributed by atoms with Gasteiger partial charge in [-0.15, -0.1) is 0 Å². The number of aryl methyl sites for hydroxylation is 1. The van der Waals surface area contributed by atoms with Crippen molar-refractivity contribution in [1.82, 2.24) is 9.55 Å². The number of fused-ring (bicyclic) bond motifs is 3. The molecule has 0 aliphatic heterocycles. The number of rotatable bonds is 6. The van der Waals surface area contributed by atoms with Crippen LogP contribution in [0.5, 0.6) is 0 Å². The van der Waals surface area contributed by atoms with Crippen LogP contribution in [0, 0.1) is 0 Å². The van der Waals surface area contributed by atoms with Crippen LogP contribution < -0.4 is 0 Å². The van der Waals surface area contributed by atoms with Gasteiger partial charge in [-0.05, 0) is 96.3 Å². The van der Waals surface area contributed by atoms with Gasteiger partial charge in [-0.25, -0.2) is 4.98 Å². The van der Waals surface area contributed by atoms with Crippen LogP contribution in [0.4, 0.5) is 0 Å². The number of nitrogens with zero attached hydrogens (tertiary/aromatic N) is 2. The van der Waals surface area contributed by atoms with E-state index in [2.05, 4.69) is 4.98 Å². The van der Waals surface area contributed by atoms with Crippen molar-refractivity contribution in [2.45, 2.75) is 13.2 Å². The van der Waals surface area contributed by atoms with E-state index in [-0.39, 0.29) is 0 Å². The van der Waals surface area contributed by atoms with Crippen molar-refractivity contribution in [1.29, 1.82) is 0 Å². The second kappa shape index (κ2) is 12.1. The van der Waals surface area contributed by atoms with Gasteiger partial charge in [0.1, 0.15) is 5.82 Å². The highest BCUT2D eigenvalue weighted by Gasteiger charge is 2.20. The minimum Gasteiger partial charge on any atom is -0.296 e. The van der Waals surface area contributed by atoms with Crippen LogP contribution in [0.15, 0.2) is 175 Å². The summed E-state index contributed by atoms with van der Waals surface area (Å²) in [4.78, 5) is 3.97. The van der Waals surface area contributed by atoms with E-state index >= 15 is 0 Å². The molecule has 0 unspecified atom stereocenters. The number of imidazole rings is 1. The summed E-state index contributed by atoms with van der Waals surface area (Å²) in [5.41, 5.74) is -8.67. The normalized spacial score (nSPS) is 21.2. The Labute approximate surface area is 331 Å². The summed E-state index contributed by atoms with van der Waals surface area (Å²) in [6, 6.07) is -25.5. The van der Waals surface area contributed by atoms with Gasteiger partial charge in [0.25, 0.3) is 0 Å². The van der Waals surface area contributed by atoms with Crippen molar-refractivity contribution in [2.24, 2.45) is 0 Å². The molecule has 0 saturated carbocycles. The smallest absolute Gasteiger partial charge is 0.114 e. The first-order chi connectivity index (χ1) is 37.4. The highest BCUT2D eigenvalue weighted by atomic mass is 15.1. The lowest BCUT2D eigenvalue weighted by molar-refractivity contribution is 0.908. The third-order valence-electron chi connectivity index (χ3n) is 7.62. The summed E-state index contributed by atoms with van der Waals surface area (Å²) in [5, 5.41) is -2.97. The molecule has 9 rings (SSSR count). The number of para-hydroxylation sites is 2. The van der Waals surface area contributed by atoms with Crippen LogP contribution in [0.1, 0.15) is 56.5 Å². The van der Waals surface area contributed by atoms with Crippen molar-refractivity contribution in [3.05, 3.63) is 181 Å². The van der Waals surface area contributed by atoms with Crippen molar-refractivity contribution in [2.75, 3.05) is 0 Å². The third-order valence-corrected chi connectivity index (χ3v) is 7.62. The molecule has 2 nitrogen and oxygen atoms in total. The first kappa shape index (κ1) is 10.9. The summed E-state index contributed by atoms with van der Waals surface area (Å²) >= 11 is 0. The van der Waals surface area contributed by atoms with Crippen molar-refractivity contribution < 1.29 is 43.9 Å². The topological polar surface area (TPSA) is 17.8 Å². The van der Waals surface area contributed by atoms with E-state index in [1.807, 2.05) is 0 Å². The van der Waals surface area contributed by atoms with Gasteiger partial charge in [-0.3, -0.25) is 4.57 Å². The Morgan fingerprint density at radius 1 is 0.531 bits per heavy atom. The molecule has 232 valence electrons. The SMILES string of the molecule is [2H]c1cc(-c2c3cc(-c4c([2H])c([2H])c([2H])c([2H])c4[2H])c([2H])c([2H])c3c(-c3c([2H])c([2H])c(-n4c(C([2H])([2H])C([2H])([2H])[2H])nc5c([2H])c([2H])c([2H])c([2H])c54)c([2H])c3[2H])c3c([2H])c([2H])c([2H])c([2H])c23)c(-c2c([2H])c([2H])c([2H])c([2H])c2[2H])c([2H])c1[2H]. The van der Waals surface area contributed by atoms with Gasteiger partial charge in [0, 0.05) is 18.9 Å². The molecule has 2 heteroatoms. The van der Waals surface area contributed by atoms with Crippen LogP contribution >= 0.6 is 0 Å². The molecule has 0 radical (unpaired) electrons. The fraction of sp³-hybridized carbons (Fsp3) is 0.0426. The Hall–Kier alpha value is -6.25. The molecule has 9 aromatic rings. The van der Waals surface area contributed by atoms with E-state index in [0.717, 1.165) is 12.1 Å². The van der Waals surface area contributed by atoms with E-state index in [9.17, 15) is 12.3 Å². The van der Waals surface area contributed by atoms with Crippen LogP contribution in [0.3, 0.4) is 0 Å². The zero-order valence-corrected chi connectivity index (χ0v) is 24.5. The zero-order valence-electron chi connectivity index (χ0n) is 56.5. The summed E-state index contributed by atoms with van der Waals surface area (Å²) in [5.74, 6) is -1.24. The Balaban J connectivity index is 1.61. The molecule has 0 aliphatic carbocycles. The summed E-state index contributed by atoms with van der Waals surface area (Å²) in [6.07, 6.45) is -3.63. The van der Waals surface area contributed by atoms with Crippen LogP contribution in [-0.2, 0) is 6.37 Å². The van der Waals surface area contributed by atoms with Gasteiger partial charge in [0.15, 0.2) is 0 Å². The maximum Gasteiger partial charge on any atom is 0.114 e. The molecule has 0 saturated heterocycles. The molecule has 0 spiro atoms. The molecular formula is C47H34N2. The van der Waals surface area contributed by atoms with E-state index in [4.69, 9.17) is 31.5 Å². The quantitative estimate of drug-likeness (QED) is 0.163. The third kappa shape index (κ3) is 4.92. The summed E-state index contributed by atoms with van der Waals surface area (Å²) in [6.45, 7) is -3.66. The molecular weight excluding hydrogens is 593 g/mol. The maximum absolute atomic E-state index is 9.87. The lowest BCUT2D eigenvalue weighted by Crippen LogP contribution is -2.00. The molecule has 0 fully saturated rings. The van der Waals surface area contributed by atoms with Gasteiger partial charge >= 0.3 is 0 Å². The van der Waals surface area contributed by atoms with Gasteiger partial charge < -0.3 is 0 Å². The average Bonchev–Trinajstić information content (AvgIpc) is 4.06. The van der Waals surface area contributed by atoms with Crippen LogP contribution in [-0.4, -0.2) is 9.55 Å². The first-order valence-corrected chi connectivity index (χ1v) is 14.3. The monoisotopic (exact) mass is 658 g/mol. The predicted octanol–water partition coefficient (Wildman–Crippen LogP) is 12.6. The van der Waals surface area contributed by atoms with Gasteiger partial charge in [0.2, 0.25) is 0 Å². The lowest BCUT2D eigenvalue weighted by atomic mass is 9.83. The Bertz CT molecular complexity index is 4300. The number of hydrogen-bond acceptors (Lipinski definition) is 1. The minimum absolute atomic E-state index is 0.382. The maximum atomic E-state index is 9.87. The van der Waals surface area contributed by atoms with Gasteiger partial charge in [-0.1, -0.05) is 152 Å². The van der Waals surface area contributed by atoms with Crippen molar-refractivity contribution in [3.8, 4) is 50.2 Å². The minimum atomic E-state index is -3.66. The molecule has 1 heterocycles. The van der Waals surface area contributed by atoms with E-state index in [0.29, 0.717) is 4.57 Å². The molecule has 0 atom stereocenters. The largest absolute Gasteiger partial charge is 0.296 e. The predicted molar refractivity (Wildman–Crippen MR) is 207 cm³/mol. The number of benzene rings is 8. The molecule has 0 N–H and O–H groups in total. The Kier molecular flexibility index (Phi) is 2.68. The average molecular weight is 659 g/mol. The van der Waals surface area contributed by atoms with Crippen molar-refractivity contribution >= 4 is 32.6 Å². The fourth-order valence-corrected chi connectivity index (χ4v) is 5.60. The number of hydrogen-bond donors (Lipinski definition) is 0. The van der Waals surface area contributed by atoms with E-state index < -0.39 is 265 Å². The van der Waals surface area contributed by atoms with Crippen LogP contribution in [0.25, 0.3) is 82.8 Å². The molecule has 0 bridgehead atoms. The van der Waals surface area contributed by atoms with E-state index in [1.165, 1.54) is 0 Å². The standard InChI is InChI=1S/C47H34N2/c1-2-45-48-43-23-13-14-24-44(43)49(45)36-28-25-34(26-29-36)46-39-21-11-12-22-40(39)47(38-20-10-9-19-37(38)33-17-7-4-8-18-33)42-31-35(27-30-41(42)46)32-15-5-3-6-16-32/h3-31H,2H2,1H3/i1D3,2D2,3D,4D,5D,6D,7D,8D,9D,10D,11D,12D,13D,14D,15D,16D,17D,18D,19D,21D,22D,23D,24D,25D,26D,27D,28D,29D,30D. The first-order valence-electron chi connectivity index (χ1n) is 30.3. The molecule has 0 amide bonds. The van der Waals surface area contributed by atoms with Gasteiger partial charge in [-0.2, -0.15) is 0 Å². The number of aromatic nitrogens is 2. The summed E-state index contributed by atoms with van der Waals surface area (Å²) in [7, 11) is 0. The van der Waals surface area contributed by atoms with E-state index in [1.54, 1.807) is 0 Å². The second-order valence-electron chi connectivity index (χ2n) is 10.2. The molecule has 8 aromatic carbocycles. The zero-order chi connectivity index (χ0) is 60.5. The summed E-state index contributed by atoms with van der Waals surface area (Å²) < 4.78 is 285. The Morgan fingerprint density at radius 2 is 1.16 bits per heavy atom. The molecule has 0 aliphatic rings. The Morgan fingerprint density at radius 3 is 1.94 bits per heavy atom. The highest BCUT2D eigenvalue weighted by Crippen LogP contribution is 2.47. The molecule has 1 aromatic heterocycles. The highest BCUT2D eigenvalue weighted by molar-refractivity contribution is 6.23. The van der Waals surface area contributed by atoms with Crippen LogP contribution in [0.2, 0.25) is 0 Å².